The first kappa shape index (κ1) is 13.4. The van der Waals surface area contributed by atoms with Gasteiger partial charge in [-0.25, -0.2) is 4.39 Å². The molecule has 0 fully saturated rings. The van der Waals surface area contributed by atoms with Gasteiger partial charge in [0.2, 0.25) is 5.91 Å². The van der Waals surface area contributed by atoms with Gasteiger partial charge in [0.05, 0.1) is 0 Å². The van der Waals surface area contributed by atoms with Crippen molar-refractivity contribution in [2.45, 2.75) is 13.1 Å². The first-order chi connectivity index (χ1) is 9.06. The molecule has 0 bridgehead atoms. The Kier molecular flexibility index (Phi) is 4.08. The second-order valence-electron chi connectivity index (χ2n) is 3.95. The van der Waals surface area contributed by atoms with Crippen LogP contribution in [0.15, 0.2) is 28.4 Å². The summed E-state index contributed by atoms with van der Waals surface area (Å²) in [5.41, 5.74) is 6.49. The molecule has 0 aliphatic carbocycles. The largest absolute Gasteiger partial charge is 0.366 e. The molecule has 1 aromatic heterocycles. The van der Waals surface area contributed by atoms with Gasteiger partial charge in [0.15, 0.2) is 0 Å². The second kappa shape index (κ2) is 5.77. The number of nitrogens with one attached hydrogen (secondary N) is 2. The second-order valence-corrected chi connectivity index (χ2v) is 4.79. The number of rotatable bonds is 5. The maximum Gasteiger partial charge on any atom is 0.304 e. The van der Waals surface area contributed by atoms with Crippen LogP contribution < -0.4 is 15.9 Å². The minimum Gasteiger partial charge on any atom is -0.366 e. The molecular formula is C12H12FN3O2S. The van der Waals surface area contributed by atoms with Crippen LogP contribution in [0.5, 0.6) is 0 Å². The van der Waals surface area contributed by atoms with E-state index in [-0.39, 0.29) is 17.0 Å². The highest BCUT2D eigenvalue weighted by Crippen LogP contribution is 2.10. The standard InChI is InChI=1S/C12H12FN3O2S/c13-10-2-1-7(11(14)17)3-8(10)4-15-5-9-6-19-12(18)16-9/h1-3,6,15H,4-5H2,(H2,14,17)(H,16,18). The van der Waals surface area contributed by atoms with E-state index in [9.17, 15) is 14.0 Å². The zero-order valence-corrected chi connectivity index (χ0v) is 10.7. The Balaban J connectivity index is 2.00. The summed E-state index contributed by atoms with van der Waals surface area (Å²) in [4.78, 5) is 24.4. The van der Waals surface area contributed by atoms with E-state index in [1.165, 1.54) is 18.2 Å². The van der Waals surface area contributed by atoms with Crippen molar-refractivity contribution in [2.24, 2.45) is 5.73 Å². The molecule has 1 heterocycles. The van der Waals surface area contributed by atoms with Gasteiger partial charge in [-0.3, -0.25) is 9.59 Å². The Labute approximate surface area is 112 Å². The number of aromatic amines is 1. The molecule has 2 aromatic rings. The van der Waals surface area contributed by atoms with Crippen LogP contribution in [0, 0.1) is 5.82 Å². The van der Waals surface area contributed by atoms with Crippen molar-refractivity contribution >= 4 is 17.2 Å². The third-order valence-electron chi connectivity index (χ3n) is 2.53. The number of amides is 1. The molecular weight excluding hydrogens is 269 g/mol. The number of carbonyl (C=O) groups excluding carboxylic acids is 1. The zero-order valence-electron chi connectivity index (χ0n) is 9.90. The molecule has 1 amide bonds. The summed E-state index contributed by atoms with van der Waals surface area (Å²) in [6.45, 7) is 0.657. The molecule has 0 aliphatic heterocycles. The Bertz CT molecular complexity index is 650. The van der Waals surface area contributed by atoms with Crippen LogP contribution in [-0.2, 0) is 13.1 Å². The van der Waals surface area contributed by atoms with E-state index in [1.807, 2.05) is 0 Å². The maximum atomic E-state index is 13.5. The number of aromatic nitrogens is 1. The normalized spacial score (nSPS) is 10.6. The highest BCUT2D eigenvalue weighted by Gasteiger charge is 2.07. The number of thiazole rings is 1. The molecule has 0 spiro atoms. The molecule has 100 valence electrons. The van der Waals surface area contributed by atoms with Gasteiger partial charge in [-0.1, -0.05) is 11.3 Å². The molecule has 2 rings (SSSR count). The molecule has 0 aliphatic rings. The fraction of sp³-hybridized carbons (Fsp3) is 0.167. The average Bonchev–Trinajstić information content (AvgIpc) is 2.77. The van der Waals surface area contributed by atoms with E-state index in [4.69, 9.17) is 5.73 Å². The molecule has 0 saturated heterocycles. The van der Waals surface area contributed by atoms with Crippen LogP contribution in [0.25, 0.3) is 0 Å². The summed E-state index contributed by atoms with van der Waals surface area (Å²) in [5.74, 6) is -1.00. The topological polar surface area (TPSA) is 88.0 Å². The number of benzene rings is 1. The highest BCUT2D eigenvalue weighted by atomic mass is 32.1. The number of nitrogens with two attached hydrogens (primary N) is 1. The van der Waals surface area contributed by atoms with Crippen LogP contribution in [0.4, 0.5) is 4.39 Å². The Hall–Kier alpha value is -1.99. The van der Waals surface area contributed by atoms with Crippen LogP contribution >= 0.6 is 11.3 Å². The number of H-pyrrole nitrogens is 1. The van der Waals surface area contributed by atoms with Crippen LogP contribution in [-0.4, -0.2) is 10.9 Å². The average molecular weight is 281 g/mol. The van der Waals surface area contributed by atoms with Crippen molar-refractivity contribution in [3.63, 3.8) is 0 Å². The summed E-state index contributed by atoms with van der Waals surface area (Å²) in [5, 5.41) is 4.68. The van der Waals surface area contributed by atoms with Crippen molar-refractivity contribution < 1.29 is 9.18 Å². The van der Waals surface area contributed by atoms with E-state index >= 15 is 0 Å². The molecule has 1 aromatic carbocycles. The van der Waals surface area contributed by atoms with Gasteiger partial charge in [0, 0.05) is 35.3 Å². The van der Waals surface area contributed by atoms with Crippen molar-refractivity contribution in [2.75, 3.05) is 0 Å². The lowest BCUT2D eigenvalue weighted by Gasteiger charge is -2.06. The molecule has 19 heavy (non-hydrogen) atoms. The van der Waals surface area contributed by atoms with E-state index in [0.717, 1.165) is 17.0 Å². The summed E-state index contributed by atoms with van der Waals surface area (Å²) in [6, 6.07) is 3.97. The molecule has 0 atom stereocenters. The molecule has 0 unspecified atom stereocenters. The number of hydrogen-bond donors (Lipinski definition) is 3. The summed E-state index contributed by atoms with van der Waals surface area (Å²) in [7, 11) is 0. The van der Waals surface area contributed by atoms with Crippen LogP contribution in [0.3, 0.4) is 0 Å². The lowest BCUT2D eigenvalue weighted by atomic mass is 10.1. The number of hydrogen-bond acceptors (Lipinski definition) is 4. The quantitative estimate of drug-likeness (QED) is 0.763. The van der Waals surface area contributed by atoms with Gasteiger partial charge in [0.25, 0.3) is 0 Å². The SMILES string of the molecule is NC(=O)c1ccc(F)c(CNCc2csc(=O)[nH]2)c1. The molecule has 4 N–H and O–H groups in total. The lowest BCUT2D eigenvalue weighted by molar-refractivity contribution is 0.1000. The first-order valence-corrected chi connectivity index (χ1v) is 6.40. The smallest absolute Gasteiger partial charge is 0.304 e. The summed E-state index contributed by atoms with van der Waals surface area (Å²) >= 11 is 1.07. The number of carbonyl (C=O) groups is 1. The number of primary amides is 1. The molecule has 0 radical (unpaired) electrons. The van der Waals surface area contributed by atoms with Gasteiger partial charge in [-0.15, -0.1) is 0 Å². The zero-order chi connectivity index (χ0) is 13.8. The Morgan fingerprint density at radius 2 is 2.21 bits per heavy atom. The predicted octanol–water partition coefficient (Wildman–Crippen LogP) is 0.964. The van der Waals surface area contributed by atoms with Gasteiger partial charge >= 0.3 is 4.87 Å². The Morgan fingerprint density at radius 3 is 2.84 bits per heavy atom. The summed E-state index contributed by atoms with van der Waals surface area (Å²) in [6.07, 6.45) is 0. The number of halogens is 1. The lowest BCUT2D eigenvalue weighted by Crippen LogP contribution is -2.16. The monoisotopic (exact) mass is 281 g/mol. The predicted molar refractivity (Wildman–Crippen MR) is 70.4 cm³/mol. The van der Waals surface area contributed by atoms with Gasteiger partial charge in [-0.2, -0.15) is 0 Å². The van der Waals surface area contributed by atoms with Crippen molar-refractivity contribution in [1.29, 1.82) is 0 Å². The fourth-order valence-corrected chi connectivity index (χ4v) is 2.18. The fourth-order valence-electron chi connectivity index (χ4n) is 1.60. The minimum absolute atomic E-state index is 0.126. The molecule has 7 heteroatoms. The van der Waals surface area contributed by atoms with Crippen molar-refractivity contribution in [3.8, 4) is 0 Å². The van der Waals surface area contributed by atoms with E-state index in [1.54, 1.807) is 5.38 Å². The third-order valence-corrected chi connectivity index (χ3v) is 3.25. The van der Waals surface area contributed by atoms with Crippen molar-refractivity contribution in [3.05, 3.63) is 55.9 Å². The maximum absolute atomic E-state index is 13.5. The van der Waals surface area contributed by atoms with Gasteiger partial charge in [0.1, 0.15) is 5.82 Å². The van der Waals surface area contributed by atoms with Crippen LogP contribution in [0.2, 0.25) is 0 Å². The van der Waals surface area contributed by atoms with E-state index in [2.05, 4.69) is 10.3 Å². The Morgan fingerprint density at radius 1 is 1.42 bits per heavy atom. The minimum atomic E-state index is -0.594. The summed E-state index contributed by atoms with van der Waals surface area (Å²) < 4.78 is 13.5. The van der Waals surface area contributed by atoms with Crippen molar-refractivity contribution in [1.82, 2.24) is 10.3 Å². The van der Waals surface area contributed by atoms with E-state index < -0.39 is 11.7 Å². The first-order valence-electron chi connectivity index (χ1n) is 5.52. The van der Waals surface area contributed by atoms with Gasteiger partial charge in [-0.05, 0) is 18.2 Å². The van der Waals surface area contributed by atoms with Gasteiger partial charge < -0.3 is 16.0 Å². The van der Waals surface area contributed by atoms with E-state index in [0.29, 0.717) is 12.1 Å². The molecule has 0 saturated carbocycles. The van der Waals surface area contributed by atoms with Crippen LogP contribution in [0.1, 0.15) is 21.6 Å². The highest BCUT2D eigenvalue weighted by molar-refractivity contribution is 7.07. The third kappa shape index (κ3) is 3.49. The molecule has 5 nitrogen and oxygen atoms in total.